The molecule has 0 spiro atoms. The van der Waals surface area contributed by atoms with Gasteiger partial charge in [-0.25, -0.2) is 4.79 Å². The van der Waals surface area contributed by atoms with Crippen molar-refractivity contribution in [3.05, 3.63) is 58.9 Å². The summed E-state index contributed by atoms with van der Waals surface area (Å²) in [5.41, 5.74) is 5.59. The number of morpholine rings is 1. The Balaban J connectivity index is 1.12. The number of hydrogen-bond acceptors (Lipinski definition) is 5. The third kappa shape index (κ3) is 5.17. The molecule has 0 unspecified atom stereocenters. The minimum absolute atomic E-state index is 0.0672. The lowest BCUT2D eigenvalue weighted by Crippen LogP contribution is -2.46. The van der Waals surface area contributed by atoms with Crippen molar-refractivity contribution in [1.82, 2.24) is 20.0 Å². The fourth-order valence-electron chi connectivity index (χ4n) is 4.78. The molecule has 1 N–H and O–H groups in total. The molecule has 3 amide bonds. The predicted octanol–water partition coefficient (Wildman–Crippen LogP) is 2.28. The molecule has 0 aromatic heterocycles. The first-order valence-corrected chi connectivity index (χ1v) is 11.8. The highest BCUT2D eigenvalue weighted by Crippen LogP contribution is 2.24. The average molecular weight is 450 g/mol. The van der Waals surface area contributed by atoms with Crippen molar-refractivity contribution in [1.29, 1.82) is 0 Å². The maximum Gasteiger partial charge on any atom is 0.322 e. The minimum atomic E-state index is -0.0672. The molecule has 4 aliphatic rings. The topological polar surface area (TPSA) is 77.5 Å². The number of allylic oxidation sites excluding steroid dienone is 1. The summed E-state index contributed by atoms with van der Waals surface area (Å²) in [6.45, 7) is 6.21. The van der Waals surface area contributed by atoms with Gasteiger partial charge in [0.05, 0.1) is 19.8 Å². The van der Waals surface area contributed by atoms with Crippen molar-refractivity contribution in [2.75, 3.05) is 45.9 Å². The van der Waals surface area contributed by atoms with Gasteiger partial charge < -0.3 is 19.9 Å². The van der Waals surface area contributed by atoms with E-state index in [1.165, 1.54) is 16.7 Å². The summed E-state index contributed by atoms with van der Waals surface area (Å²) >= 11 is 0. The summed E-state index contributed by atoms with van der Waals surface area (Å²) in [6.07, 6.45) is 6.33. The van der Waals surface area contributed by atoms with E-state index < -0.39 is 0 Å². The van der Waals surface area contributed by atoms with Crippen LogP contribution in [0.2, 0.25) is 0 Å². The molecule has 4 heterocycles. The number of nitrogens with zero attached hydrogens (tertiary/aromatic N) is 4. The lowest BCUT2D eigenvalue weighted by molar-refractivity contribution is -0.133. The Hall–Kier alpha value is -2.97. The highest BCUT2D eigenvalue weighted by Gasteiger charge is 2.25. The van der Waals surface area contributed by atoms with Crippen LogP contribution >= 0.6 is 0 Å². The number of carbonyl (C=O) groups excluding carboxylic acids is 2. The first-order valence-electron chi connectivity index (χ1n) is 11.8. The second kappa shape index (κ2) is 9.89. The van der Waals surface area contributed by atoms with Gasteiger partial charge in [-0.05, 0) is 36.0 Å². The fourth-order valence-corrected chi connectivity index (χ4v) is 4.78. The molecule has 5 rings (SSSR count). The van der Waals surface area contributed by atoms with E-state index in [2.05, 4.69) is 33.4 Å². The number of ether oxygens (including phenoxy) is 1. The lowest BCUT2D eigenvalue weighted by atomic mass is 9.97. The summed E-state index contributed by atoms with van der Waals surface area (Å²) in [5.74, 6) is 0.187. The van der Waals surface area contributed by atoms with E-state index in [4.69, 9.17) is 4.74 Å². The molecule has 8 heteroatoms. The standard InChI is InChI=1S/C25H31N5O3/c31-24(18-28-11-13-33-14-12-28)29-9-7-19(8-10-29)23-6-5-22(15-26-23)27-25(32)30-16-20-3-1-2-4-21(20)17-30/h1-4,7,15H,5-6,8-14,16-18H2,(H,27,32). The molecular formula is C25H31N5O3. The fraction of sp³-hybridized carbons (Fsp3) is 0.480. The van der Waals surface area contributed by atoms with Crippen molar-refractivity contribution in [2.24, 2.45) is 4.99 Å². The number of benzene rings is 1. The number of rotatable bonds is 4. The monoisotopic (exact) mass is 449 g/mol. The largest absolute Gasteiger partial charge is 0.379 e. The summed E-state index contributed by atoms with van der Waals surface area (Å²) in [6, 6.07) is 8.11. The van der Waals surface area contributed by atoms with E-state index >= 15 is 0 Å². The van der Waals surface area contributed by atoms with E-state index in [-0.39, 0.29) is 11.9 Å². The molecule has 1 saturated heterocycles. The Morgan fingerprint density at radius 2 is 1.73 bits per heavy atom. The zero-order chi connectivity index (χ0) is 22.6. The zero-order valence-corrected chi connectivity index (χ0v) is 19.0. The number of amides is 3. The van der Waals surface area contributed by atoms with Crippen LogP contribution in [0, 0.1) is 0 Å². The molecule has 0 aliphatic carbocycles. The van der Waals surface area contributed by atoms with Crippen molar-refractivity contribution in [2.45, 2.75) is 32.4 Å². The number of urea groups is 1. The second-order valence-corrected chi connectivity index (χ2v) is 8.99. The molecular weight excluding hydrogens is 418 g/mol. The van der Waals surface area contributed by atoms with Gasteiger partial charge in [-0.1, -0.05) is 30.3 Å². The summed E-state index contributed by atoms with van der Waals surface area (Å²) < 4.78 is 5.36. The Labute approximate surface area is 194 Å². The van der Waals surface area contributed by atoms with E-state index in [1.807, 2.05) is 21.9 Å². The molecule has 4 aliphatic heterocycles. The number of nitrogens with one attached hydrogen (secondary N) is 1. The van der Waals surface area contributed by atoms with Gasteiger partial charge in [0.2, 0.25) is 5.91 Å². The maximum absolute atomic E-state index is 12.7. The normalized spacial score (nSPS) is 21.2. The molecule has 8 nitrogen and oxygen atoms in total. The Kier molecular flexibility index (Phi) is 6.55. The van der Waals surface area contributed by atoms with Gasteiger partial charge in [-0.15, -0.1) is 0 Å². The first kappa shape index (κ1) is 21.9. The van der Waals surface area contributed by atoms with Gasteiger partial charge in [-0.3, -0.25) is 14.7 Å². The van der Waals surface area contributed by atoms with Crippen LogP contribution < -0.4 is 5.32 Å². The van der Waals surface area contributed by atoms with Gasteiger partial charge in [0.1, 0.15) is 0 Å². The average Bonchev–Trinajstić information content (AvgIpc) is 3.30. The highest BCUT2D eigenvalue weighted by molar-refractivity contribution is 6.01. The number of fused-ring (bicyclic) bond motifs is 1. The lowest BCUT2D eigenvalue weighted by Gasteiger charge is -2.31. The number of aliphatic imine (C=N–C) groups is 1. The van der Waals surface area contributed by atoms with Crippen LogP contribution in [0.3, 0.4) is 0 Å². The van der Waals surface area contributed by atoms with E-state index in [9.17, 15) is 9.59 Å². The van der Waals surface area contributed by atoms with Gasteiger partial charge in [0.25, 0.3) is 0 Å². The summed E-state index contributed by atoms with van der Waals surface area (Å²) in [7, 11) is 0. The van der Waals surface area contributed by atoms with Crippen LogP contribution in [0.15, 0.2) is 52.8 Å². The Bertz CT molecular complexity index is 984. The second-order valence-electron chi connectivity index (χ2n) is 8.99. The number of carbonyl (C=O) groups is 2. The van der Waals surface area contributed by atoms with Crippen LogP contribution in [-0.2, 0) is 22.6 Å². The molecule has 1 fully saturated rings. The molecule has 1 aromatic carbocycles. The van der Waals surface area contributed by atoms with Crippen LogP contribution in [0.1, 0.15) is 30.4 Å². The molecule has 0 bridgehead atoms. The SMILES string of the molecule is O=C(CN1CCOCC1)N1CC=C(C2=NC=C(NC(=O)N3Cc4ccccc4C3)CC2)CC1. The van der Waals surface area contributed by atoms with Gasteiger partial charge in [0, 0.05) is 56.9 Å². The third-order valence-corrected chi connectivity index (χ3v) is 6.80. The van der Waals surface area contributed by atoms with Crippen LogP contribution in [0.5, 0.6) is 0 Å². The third-order valence-electron chi connectivity index (χ3n) is 6.80. The molecule has 1 aromatic rings. The van der Waals surface area contributed by atoms with Gasteiger partial charge >= 0.3 is 6.03 Å². The zero-order valence-electron chi connectivity index (χ0n) is 19.0. The molecule has 0 atom stereocenters. The number of hydrogen-bond donors (Lipinski definition) is 1. The molecule has 0 radical (unpaired) electrons. The first-order chi connectivity index (χ1) is 16.2. The molecule has 0 saturated carbocycles. The Morgan fingerprint density at radius 1 is 0.970 bits per heavy atom. The highest BCUT2D eigenvalue weighted by atomic mass is 16.5. The quantitative estimate of drug-likeness (QED) is 0.765. The maximum atomic E-state index is 12.7. The summed E-state index contributed by atoms with van der Waals surface area (Å²) in [4.78, 5) is 35.8. The molecule has 33 heavy (non-hydrogen) atoms. The van der Waals surface area contributed by atoms with Crippen molar-refractivity contribution < 1.29 is 14.3 Å². The van der Waals surface area contributed by atoms with E-state index in [0.717, 1.165) is 50.3 Å². The summed E-state index contributed by atoms with van der Waals surface area (Å²) in [5, 5.41) is 3.03. The Morgan fingerprint density at radius 3 is 2.36 bits per heavy atom. The van der Waals surface area contributed by atoms with Crippen molar-refractivity contribution in [3.63, 3.8) is 0 Å². The van der Waals surface area contributed by atoms with Crippen LogP contribution in [-0.4, -0.2) is 78.3 Å². The predicted molar refractivity (Wildman–Crippen MR) is 126 cm³/mol. The van der Waals surface area contributed by atoms with E-state index in [0.29, 0.717) is 39.4 Å². The molecule has 174 valence electrons. The van der Waals surface area contributed by atoms with Gasteiger partial charge in [-0.2, -0.15) is 0 Å². The van der Waals surface area contributed by atoms with Crippen molar-refractivity contribution >= 4 is 17.6 Å². The van der Waals surface area contributed by atoms with Crippen molar-refractivity contribution in [3.8, 4) is 0 Å². The van der Waals surface area contributed by atoms with E-state index in [1.54, 1.807) is 6.20 Å². The van der Waals surface area contributed by atoms with Crippen LogP contribution in [0.25, 0.3) is 0 Å². The smallest absolute Gasteiger partial charge is 0.322 e. The van der Waals surface area contributed by atoms with Gasteiger partial charge in [0.15, 0.2) is 0 Å². The minimum Gasteiger partial charge on any atom is -0.379 e. The van der Waals surface area contributed by atoms with Crippen LogP contribution in [0.4, 0.5) is 4.79 Å².